The number of rotatable bonds is 2. The van der Waals surface area contributed by atoms with Crippen LogP contribution in [0, 0.1) is 13.8 Å². The lowest BCUT2D eigenvalue weighted by molar-refractivity contribution is 1.35. The zero-order valence-corrected chi connectivity index (χ0v) is 14.0. The predicted octanol–water partition coefficient (Wildman–Crippen LogP) is 6.19. The topological polar surface area (TPSA) is 12.9 Å². The SMILES string of the molecule is Cc1ccc(-c2cnc(-c3ccc(C)cc3)c3ccccc23)cc1. The largest absolute Gasteiger partial charge is 0.255 e. The van der Waals surface area contributed by atoms with Crippen molar-refractivity contribution in [2.24, 2.45) is 0 Å². The number of aryl methyl sites for hydroxylation is 2. The molecule has 1 heteroatoms. The average molecular weight is 309 g/mol. The maximum Gasteiger partial charge on any atom is 0.0780 e. The summed E-state index contributed by atoms with van der Waals surface area (Å²) in [6.07, 6.45) is 2.00. The Balaban J connectivity index is 1.95. The highest BCUT2D eigenvalue weighted by Crippen LogP contribution is 2.33. The predicted molar refractivity (Wildman–Crippen MR) is 102 cm³/mol. The number of hydrogen-bond donors (Lipinski definition) is 0. The smallest absolute Gasteiger partial charge is 0.0780 e. The van der Waals surface area contributed by atoms with Gasteiger partial charge in [0, 0.05) is 22.7 Å². The standard InChI is InChI=1S/C23H19N/c1-16-7-11-18(12-8-16)22-15-24-23(19-13-9-17(2)10-14-19)21-6-4-3-5-20(21)22/h3-15H,1-2H3. The second-order valence-corrected chi connectivity index (χ2v) is 6.30. The quantitative estimate of drug-likeness (QED) is 0.430. The van der Waals surface area contributed by atoms with Crippen molar-refractivity contribution in [2.45, 2.75) is 13.8 Å². The van der Waals surface area contributed by atoms with Crippen LogP contribution in [0.25, 0.3) is 33.2 Å². The molecular formula is C23H19N. The van der Waals surface area contributed by atoms with E-state index in [-0.39, 0.29) is 0 Å². The Morgan fingerprint density at radius 3 is 1.75 bits per heavy atom. The molecule has 24 heavy (non-hydrogen) atoms. The van der Waals surface area contributed by atoms with Crippen molar-refractivity contribution < 1.29 is 0 Å². The van der Waals surface area contributed by atoms with E-state index in [0.29, 0.717) is 0 Å². The van der Waals surface area contributed by atoms with E-state index in [0.717, 1.165) is 11.3 Å². The third kappa shape index (κ3) is 2.59. The maximum atomic E-state index is 4.81. The van der Waals surface area contributed by atoms with Gasteiger partial charge in [0.1, 0.15) is 0 Å². The molecule has 0 saturated heterocycles. The normalized spacial score (nSPS) is 10.9. The molecule has 0 spiro atoms. The highest BCUT2D eigenvalue weighted by molar-refractivity contribution is 6.03. The molecule has 0 aliphatic carbocycles. The molecule has 4 rings (SSSR count). The minimum Gasteiger partial charge on any atom is -0.255 e. The second kappa shape index (κ2) is 5.93. The average Bonchev–Trinajstić information content (AvgIpc) is 2.62. The van der Waals surface area contributed by atoms with Crippen LogP contribution < -0.4 is 0 Å². The van der Waals surface area contributed by atoms with Gasteiger partial charge in [0.15, 0.2) is 0 Å². The molecule has 0 atom stereocenters. The molecule has 0 bridgehead atoms. The van der Waals surface area contributed by atoms with Gasteiger partial charge in [-0.1, -0.05) is 83.9 Å². The molecule has 1 nitrogen and oxygen atoms in total. The zero-order valence-electron chi connectivity index (χ0n) is 14.0. The molecule has 0 fully saturated rings. The number of aromatic nitrogens is 1. The zero-order chi connectivity index (χ0) is 16.5. The lowest BCUT2D eigenvalue weighted by Crippen LogP contribution is -1.90. The number of pyridine rings is 1. The van der Waals surface area contributed by atoms with Crippen LogP contribution in [0.3, 0.4) is 0 Å². The molecule has 116 valence electrons. The van der Waals surface area contributed by atoms with Crippen LogP contribution in [-0.4, -0.2) is 4.98 Å². The van der Waals surface area contributed by atoms with Crippen LogP contribution in [0.5, 0.6) is 0 Å². The Hall–Kier alpha value is -2.93. The molecule has 1 heterocycles. The summed E-state index contributed by atoms with van der Waals surface area (Å²) in [5.74, 6) is 0. The molecule has 4 aromatic rings. The molecule has 3 aromatic carbocycles. The summed E-state index contributed by atoms with van der Waals surface area (Å²) < 4.78 is 0. The Bertz CT molecular complexity index is 912. The van der Waals surface area contributed by atoms with Crippen molar-refractivity contribution in [3.8, 4) is 22.4 Å². The molecule has 1 aromatic heterocycles. The fraction of sp³-hybridized carbons (Fsp3) is 0.0870. The fourth-order valence-electron chi connectivity index (χ4n) is 3.10. The van der Waals surface area contributed by atoms with Gasteiger partial charge in [-0.15, -0.1) is 0 Å². The molecule has 0 aliphatic heterocycles. The van der Waals surface area contributed by atoms with Crippen molar-refractivity contribution in [3.05, 3.63) is 90.1 Å². The Morgan fingerprint density at radius 1 is 0.583 bits per heavy atom. The summed E-state index contributed by atoms with van der Waals surface area (Å²) in [7, 11) is 0. The van der Waals surface area contributed by atoms with E-state index >= 15 is 0 Å². The first-order chi connectivity index (χ1) is 11.7. The minimum atomic E-state index is 1.04. The highest BCUT2D eigenvalue weighted by Gasteiger charge is 2.10. The number of fused-ring (bicyclic) bond motifs is 1. The van der Waals surface area contributed by atoms with Crippen molar-refractivity contribution in [3.63, 3.8) is 0 Å². The van der Waals surface area contributed by atoms with E-state index in [1.165, 1.54) is 33.0 Å². The lowest BCUT2D eigenvalue weighted by atomic mass is 9.96. The maximum absolute atomic E-state index is 4.81. The summed E-state index contributed by atoms with van der Waals surface area (Å²) in [6, 6.07) is 25.7. The first-order valence-electron chi connectivity index (χ1n) is 8.24. The van der Waals surface area contributed by atoms with Crippen LogP contribution in [-0.2, 0) is 0 Å². The summed E-state index contributed by atoms with van der Waals surface area (Å²) in [5, 5.41) is 2.44. The van der Waals surface area contributed by atoms with Gasteiger partial charge in [-0.3, -0.25) is 4.98 Å². The summed E-state index contributed by atoms with van der Waals surface area (Å²) in [5.41, 5.74) is 7.13. The monoisotopic (exact) mass is 309 g/mol. The van der Waals surface area contributed by atoms with Gasteiger partial charge in [-0.2, -0.15) is 0 Å². The van der Waals surface area contributed by atoms with Gasteiger partial charge in [0.25, 0.3) is 0 Å². The summed E-state index contributed by atoms with van der Waals surface area (Å²) in [6.45, 7) is 4.22. The van der Waals surface area contributed by atoms with E-state index in [2.05, 4.69) is 86.6 Å². The number of benzene rings is 3. The number of hydrogen-bond acceptors (Lipinski definition) is 1. The first kappa shape index (κ1) is 14.6. The van der Waals surface area contributed by atoms with Crippen molar-refractivity contribution in [1.29, 1.82) is 0 Å². The van der Waals surface area contributed by atoms with Gasteiger partial charge in [0.05, 0.1) is 5.69 Å². The Morgan fingerprint density at radius 2 is 1.12 bits per heavy atom. The highest BCUT2D eigenvalue weighted by atomic mass is 14.7. The molecule has 0 saturated carbocycles. The summed E-state index contributed by atoms with van der Waals surface area (Å²) >= 11 is 0. The van der Waals surface area contributed by atoms with Crippen LogP contribution in [0.4, 0.5) is 0 Å². The van der Waals surface area contributed by atoms with E-state index in [9.17, 15) is 0 Å². The second-order valence-electron chi connectivity index (χ2n) is 6.30. The van der Waals surface area contributed by atoms with Gasteiger partial charge < -0.3 is 0 Å². The third-order valence-corrected chi connectivity index (χ3v) is 4.48. The van der Waals surface area contributed by atoms with E-state index in [1.807, 2.05) is 6.20 Å². The molecule has 0 amide bonds. The molecule has 0 N–H and O–H groups in total. The first-order valence-corrected chi connectivity index (χ1v) is 8.24. The van der Waals surface area contributed by atoms with Gasteiger partial charge in [-0.05, 0) is 24.8 Å². The van der Waals surface area contributed by atoms with Gasteiger partial charge >= 0.3 is 0 Å². The third-order valence-electron chi connectivity index (χ3n) is 4.48. The Kier molecular flexibility index (Phi) is 3.62. The minimum absolute atomic E-state index is 1.04. The molecular weight excluding hydrogens is 290 g/mol. The number of nitrogens with zero attached hydrogens (tertiary/aromatic N) is 1. The van der Waals surface area contributed by atoms with Crippen LogP contribution in [0.2, 0.25) is 0 Å². The van der Waals surface area contributed by atoms with E-state index in [1.54, 1.807) is 0 Å². The van der Waals surface area contributed by atoms with Crippen molar-refractivity contribution in [2.75, 3.05) is 0 Å². The molecule has 0 unspecified atom stereocenters. The lowest BCUT2D eigenvalue weighted by Gasteiger charge is -2.11. The van der Waals surface area contributed by atoms with E-state index < -0.39 is 0 Å². The van der Waals surface area contributed by atoms with Crippen LogP contribution >= 0.6 is 0 Å². The Labute approximate surface area is 142 Å². The van der Waals surface area contributed by atoms with Gasteiger partial charge in [0.2, 0.25) is 0 Å². The van der Waals surface area contributed by atoms with E-state index in [4.69, 9.17) is 4.98 Å². The van der Waals surface area contributed by atoms with Crippen LogP contribution in [0.1, 0.15) is 11.1 Å². The van der Waals surface area contributed by atoms with Crippen molar-refractivity contribution >= 4 is 10.8 Å². The fourth-order valence-corrected chi connectivity index (χ4v) is 3.10. The van der Waals surface area contributed by atoms with Crippen molar-refractivity contribution in [1.82, 2.24) is 4.98 Å². The molecule has 0 aliphatic rings. The molecule has 0 radical (unpaired) electrons. The summed E-state index contributed by atoms with van der Waals surface area (Å²) in [4.78, 5) is 4.81. The van der Waals surface area contributed by atoms with Crippen LogP contribution in [0.15, 0.2) is 79.0 Å². The van der Waals surface area contributed by atoms with Gasteiger partial charge in [-0.25, -0.2) is 0 Å².